The van der Waals surface area contributed by atoms with Gasteiger partial charge in [-0.15, -0.1) is 0 Å². The van der Waals surface area contributed by atoms with E-state index in [4.69, 9.17) is 9.47 Å². The average Bonchev–Trinajstić information content (AvgIpc) is 2.90. The lowest BCUT2D eigenvalue weighted by Gasteiger charge is -2.26. The van der Waals surface area contributed by atoms with Gasteiger partial charge >= 0.3 is 0 Å². The number of nitrogens with zero attached hydrogens (tertiary/aromatic N) is 1. The van der Waals surface area contributed by atoms with Crippen LogP contribution in [0.2, 0.25) is 0 Å². The van der Waals surface area contributed by atoms with E-state index in [1.54, 1.807) is 42.5 Å². The van der Waals surface area contributed by atoms with Crippen molar-refractivity contribution in [2.24, 2.45) is 0 Å². The molecule has 0 unspecified atom stereocenters. The largest absolute Gasteiger partial charge is 0.493 e. The molecule has 0 saturated heterocycles. The summed E-state index contributed by atoms with van der Waals surface area (Å²) in [6, 6.07) is 10.4. The molecule has 8 heteroatoms. The molecule has 1 aliphatic heterocycles. The van der Waals surface area contributed by atoms with Crippen LogP contribution in [0.3, 0.4) is 0 Å². The van der Waals surface area contributed by atoms with Gasteiger partial charge in [0.2, 0.25) is 0 Å². The van der Waals surface area contributed by atoms with Crippen LogP contribution in [0.1, 0.15) is 39.2 Å². The van der Waals surface area contributed by atoms with E-state index in [1.165, 1.54) is 7.11 Å². The molecule has 7 nitrogen and oxygen atoms in total. The van der Waals surface area contributed by atoms with Gasteiger partial charge in [-0.3, -0.25) is 14.5 Å². The molecule has 0 aromatic heterocycles. The lowest BCUT2D eigenvalue weighted by molar-refractivity contribution is 0.0597. The molecule has 0 aliphatic carbocycles. The first-order valence-corrected chi connectivity index (χ1v) is 10.8. The molecule has 2 aromatic carbocycles. The van der Waals surface area contributed by atoms with Crippen molar-refractivity contribution in [1.29, 1.82) is 0 Å². The SMILES string of the molecule is CCOc1cc([C@@H](CS(C)(=O)=O)N2C(=O)c3ccccc3C2=O)ccc1OC. The zero-order chi connectivity index (χ0) is 20.5. The summed E-state index contributed by atoms with van der Waals surface area (Å²) in [6.45, 7) is 2.19. The van der Waals surface area contributed by atoms with Gasteiger partial charge in [-0.2, -0.15) is 0 Å². The number of hydrogen-bond donors (Lipinski definition) is 0. The Morgan fingerprint density at radius 2 is 1.61 bits per heavy atom. The Bertz CT molecular complexity index is 996. The fraction of sp³-hybridized carbons (Fsp3) is 0.300. The van der Waals surface area contributed by atoms with E-state index < -0.39 is 33.4 Å². The third kappa shape index (κ3) is 3.73. The molecule has 0 spiro atoms. The van der Waals surface area contributed by atoms with E-state index in [1.807, 2.05) is 6.92 Å². The number of hydrogen-bond acceptors (Lipinski definition) is 6. The monoisotopic (exact) mass is 403 g/mol. The van der Waals surface area contributed by atoms with Gasteiger partial charge in [-0.1, -0.05) is 18.2 Å². The van der Waals surface area contributed by atoms with Crippen molar-refractivity contribution in [2.45, 2.75) is 13.0 Å². The highest BCUT2D eigenvalue weighted by molar-refractivity contribution is 7.90. The minimum absolute atomic E-state index is 0.268. The van der Waals surface area contributed by atoms with Crippen LogP contribution in [0, 0.1) is 0 Å². The van der Waals surface area contributed by atoms with Crippen LogP contribution in [0.15, 0.2) is 42.5 Å². The molecule has 1 heterocycles. The van der Waals surface area contributed by atoms with E-state index >= 15 is 0 Å². The Hall–Kier alpha value is -2.87. The van der Waals surface area contributed by atoms with E-state index in [0.29, 0.717) is 23.7 Å². The van der Waals surface area contributed by atoms with Crippen LogP contribution < -0.4 is 9.47 Å². The Labute approximate surface area is 163 Å². The second-order valence-electron chi connectivity index (χ2n) is 6.48. The molecule has 0 fully saturated rings. The molecule has 1 aliphatic rings. The van der Waals surface area contributed by atoms with Gasteiger partial charge in [0.1, 0.15) is 9.84 Å². The summed E-state index contributed by atoms with van der Waals surface area (Å²) in [6.07, 6.45) is 1.07. The van der Waals surface area contributed by atoms with Gasteiger partial charge in [-0.25, -0.2) is 8.42 Å². The molecule has 28 heavy (non-hydrogen) atoms. The molecule has 148 valence electrons. The van der Waals surface area contributed by atoms with Crippen molar-refractivity contribution in [1.82, 2.24) is 4.90 Å². The lowest BCUT2D eigenvalue weighted by atomic mass is 10.1. The predicted octanol–water partition coefficient (Wildman–Crippen LogP) is 2.48. The van der Waals surface area contributed by atoms with Gasteiger partial charge in [0.05, 0.1) is 36.6 Å². The minimum Gasteiger partial charge on any atom is -0.493 e. The number of carbonyl (C=O) groups excluding carboxylic acids is 2. The lowest BCUT2D eigenvalue weighted by Crippen LogP contribution is -2.37. The van der Waals surface area contributed by atoms with Crippen molar-refractivity contribution >= 4 is 21.7 Å². The zero-order valence-corrected chi connectivity index (χ0v) is 16.7. The minimum atomic E-state index is -3.50. The first-order valence-electron chi connectivity index (χ1n) is 8.72. The topological polar surface area (TPSA) is 90.0 Å². The van der Waals surface area contributed by atoms with Crippen molar-refractivity contribution in [3.05, 3.63) is 59.2 Å². The molecular formula is C20H21NO6S. The van der Waals surface area contributed by atoms with Gasteiger partial charge in [-0.05, 0) is 36.8 Å². The van der Waals surface area contributed by atoms with Gasteiger partial charge < -0.3 is 9.47 Å². The molecule has 2 aromatic rings. The Kier molecular flexibility index (Phi) is 5.42. The zero-order valence-electron chi connectivity index (χ0n) is 15.8. The van der Waals surface area contributed by atoms with E-state index in [0.717, 1.165) is 11.2 Å². The maximum absolute atomic E-state index is 12.9. The average molecular weight is 403 g/mol. The number of rotatable bonds is 7. The molecule has 0 bridgehead atoms. The number of imide groups is 1. The second-order valence-corrected chi connectivity index (χ2v) is 8.66. The number of fused-ring (bicyclic) bond motifs is 1. The molecular weight excluding hydrogens is 382 g/mol. The molecule has 0 radical (unpaired) electrons. The van der Waals surface area contributed by atoms with E-state index in [2.05, 4.69) is 0 Å². The number of methoxy groups -OCH3 is 1. The van der Waals surface area contributed by atoms with Crippen LogP contribution in [0.4, 0.5) is 0 Å². The highest BCUT2D eigenvalue weighted by Crippen LogP contribution is 2.36. The fourth-order valence-corrected chi connectivity index (χ4v) is 4.18. The summed E-state index contributed by atoms with van der Waals surface area (Å²) >= 11 is 0. The number of sulfone groups is 1. The second kappa shape index (κ2) is 7.63. The summed E-state index contributed by atoms with van der Waals surface area (Å²) in [5, 5.41) is 0. The Morgan fingerprint density at radius 3 is 2.11 bits per heavy atom. The van der Waals surface area contributed by atoms with Crippen LogP contribution in [0.5, 0.6) is 11.5 Å². The third-order valence-corrected chi connectivity index (χ3v) is 5.39. The molecule has 0 saturated carbocycles. The summed E-state index contributed by atoms with van der Waals surface area (Å²) in [5.74, 6) is -0.522. The number of amides is 2. The normalized spacial score (nSPS) is 14.8. The highest BCUT2D eigenvalue weighted by Gasteiger charge is 2.41. The Morgan fingerprint density at radius 1 is 1.00 bits per heavy atom. The van der Waals surface area contributed by atoms with Crippen LogP contribution in [0.25, 0.3) is 0 Å². The fourth-order valence-electron chi connectivity index (χ4n) is 3.27. The predicted molar refractivity (Wildman–Crippen MR) is 104 cm³/mol. The molecule has 3 rings (SSSR count). The maximum Gasteiger partial charge on any atom is 0.262 e. The maximum atomic E-state index is 12.9. The van der Waals surface area contributed by atoms with Crippen molar-refractivity contribution in [2.75, 3.05) is 25.7 Å². The van der Waals surface area contributed by atoms with Crippen molar-refractivity contribution in [3.8, 4) is 11.5 Å². The van der Waals surface area contributed by atoms with Crippen molar-refractivity contribution < 1.29 is 27.5 Å². The van der Waals surface area contributed by atoms with Gasteiger partial charge in [0.25, 0.3) is 11.8 Å². The standard InChI is InChI=1S/C20H21NO6S/c1-4-27-18-11-13(9-10-17(18)26-2)16(12-28(3,24)25)21-19(22)14-7-5-6-8-15(14)20(21)23/h5-11,16H,4,12H2,1-3H3/t16-/m1/s1. The Balaban J connectivity index is 2.10. The molecule has 2 amide bonds. The highest BCUT2D eigenvalue weighted by atomic mass is 32.2. The number of benzene rings is 2. The number of ether oxygens (including phenoxy) is 2. The summed E-state index contributed by atoms with van der Waals surface area (Å²) in [4.78, 5) is 26.8. The van der Waals surface area contributed by atoms with Crippen LogP contribution in [-0.2, 0) is 9.84 Å². The number of carbonyl (C=O) groups is 2. The van der Waals surface area contributed by atoms with E-state index in [-0.39, 0.29) is 11.1 Å². The summed E-state index contributed by atoms with van der Waals surface area (Å²) in [5.41, 5.74) is 1.01. The van der Waals surface area contributed by atoms with Gasteiger partial charge in [0, 0.05) is 6.26 Å². The third-order valence-electron chi connectivity index (χ3n) is 4.47. The first kappa shape index (κ1) is 19.9. The smallest absolute Gasteiger partial charge is 0.262 e. The van der Waals surface area contributed by atoms with Crippen molar-refractivity contribution in [3.63, 3.8) is 0 Å². The first-order chi connectivity index (χ1) is 13.3. The van der Waals surface area contributed by atoms with Crippen LogP contribution in [-0.4, -0.2) is 50.9 Å². The van der Waals surface area contributed by atoms with E-state index in [9.17, 15) is 18.0 Å². The summed E-state index contributed by atoms with van der Waals surface area (Å²) < 4.78 is 35.0. The quantitative estimate of drug-likeness (QED) is 0.660. The van der Waals surface area contributed by atoms with Crippen LogP contribution >= 0.6 is 0 Å². The molecule has 0 N–H and O–H groups in total. The summed E-state index contributed by atoms with van der Waals surface area (Å²) in [7, 11) is -2.01. The van der Waals surface area contributed by atoms with Gasteiger partial charge in [0.15, 0.2) is 11.5 Å². The molecule has 1 atom stereocenters.